The largest absolute Gasteiger partial charge is 0.310 e. The number of nitrogens with zero attached hydrogens (tertiary/aromatic N) is 8. The van der Waals surface area contributed by atoms with E-state index in [0.717, 1.165) is 74.1 Å². The molecule has 0 fully saturated rings. The van der Waals surface area contributed by atoms with Crippen molar-refractivity contribution in [3.63, 3.8) is 0 Å². The van der Waals surface area contributed by atoms with Crippen molar-refractivity contribution < 1.29 is 0 Å². The molecule has 402 valence electrons. The molecule has 0 bridgehead atoms. The normalized spacial score (nSPS) is 14.4. The van der Waals surface area contributed by atoms with Gasteiger partial charge in [-0.2, -0.15) is 0 Å². The first kappa shape index (κ1) is 50.8. The summed E-state index contributed by atoms with van der Waals surface area (Å²) in [7, 11) is 0. The van der Waals surface area contributed by atoms with Crippen LogP contribution < -0.4 is 9.80 Å². The number of benzene rings is 8. The Bertz CT molecular complexity index is 4430. The SMILES string of the molecule is CC(C)(C)c1ccc2c(c1)C(C)(C)c1cc(CC(C)(C)c3ccc4c(c3)C(C)(C)c3ccccc3N4c3ccc(-c4nc5ncccc5n4-c4ccccc4)cc3)ccc1N2c1ccc(-c2nc3cnccc3n2-c2ccccc2)cc1. The summed E-state index contributed by atoms with van der Waals surface area (Å²) in [5, 5.41) is 0. The van der Waals surface area contributed by atoms with Gasteiger partial charge in [-0.1, -0.05) is 153 Å². The van der Waals surface area contributed by atoms with Crippen LogP contribution in [0.4, 0.5) is 34.1 Å². The molecule has 2 aliphatic heterocycles. The second kappa shape index (κ2) is 18.8. The second-order valence-corrected chi connectivity index (χ2v) is 25.1. The summed E-state index contributed by atoms with van der Waals surface area (Å²) >= 11 is 0. The average molecular weight is 1070 g/mol. The molecule has 0 N–H and O–H groups in total. The lowest BCUT2D eigenvalue weighted by molar-refractivity contribution is 0.517. The van der Waals surface area contributed by atoms with Crippen molar-refractivity contribution in [2.45, 2.75) is 90.4 Å². The molecule has 82 heavy (non-hydrogen) atoms. The molecule has 2 aliphatic rings. The van der Waals surface area contributed by atoms with Crippen LogP contribution in [0.3, 0.4) is 0 Å². The van der Waals surface area contributed by atoms with Crippen molar-refractivity contribution >= 4 is 56.3 Å². The molecule has 8 nitrogen and oxygen atoms in total. The number of imidazole rings is 2. The predicted molar refractivity (Wildman–Crippen MR) is 338 cm³/mol. The molecule has 8 heteroatoms. The zero-order chi connectivity index (χ0) is 56.3. The third kappa shape index (κ3) is 8.25. The molecule has 0 unspecified atom stereocenters. The van der Waals surface area contributed by atoms with E-state index in [-0.39, 0.29) is 21.7 Å². The van der Waals surface area contributed by atoms with Crippen LogP contribution >= 0.6 is 0 Å². The molecule has 4 aromatic heterocycles. The average Bonchev–Trinajstić information content (AvgIpc) is 2.78. The third-order valence-corrected chi connectivity index (χ3v) is 17.6. The van der Waals surface area contributed by atoms with Gasteiger partial charge in [0.25, 0.3) is 0 Å². The van der Waals surface area contributed by atoms with E-state index in [2.05, 4.69) is 279 Å². The fourth-order valence-corrected chi connectivity index (χ4v) is 13.1. The molecule has 6 heterocycles. The minimum absolute atomic E-state index is 0.0153. The highest BCUT2D eigenvalue weighted by Crippen LogP contribution is 2.55. The molecule has 8 aromatic carbocycles. The molecule has 0 spiro atoms. The van der Waals surface area contributed by atoms with Gasteiger partial charge in [-0.15, -0.1) is 0 Å². The van der Waals surface area contributed by atoms with Crippen LogP contribution in [-0.2, 0) is 28.1 Å². The molecule has 0 amide bonds. The van der Waals surface area contributed by atoms with Gasteiger partial charge in [0.1, 0.15) is 17.2 Å². The van der Waals surface area contributed by atoms with E-state index in [1.807, 2.05) is 36.8 Å². The first-order chi connectivity index (χ1) is 39.5. The number of hydrogen-bond donors (Lipinski definition) is 0. The van der Waals surface area contributed by atoms with E-state index >= 15 is 0 Å². The monoisotopic (exact) mass is 1070 g/mol. The molecule has 0 saturated carbocycles. The zero-order valence-electron chi connectivity index (χ0n) is 48.1. The standard InChI is InChI=1S/C74H66N8/c1-71(2,3)51-31-38-64-59(44-51)74(8,9)58-43-48(26-37-63(58)80(64)56-33-27-49(28-34-56)69-77-61-47-75-42-40-66(61)81(69)53-19-12-10-13-20-53)46-72(4,5)52-32-39-65-60(45-52)73(6,7)57-23-16-17-24-62(57)79(65)55-35-29-50(30-36-55)70-78-68-67(25-18-41-76-68)82(70)54-21-14-11-15-22-54/h10-45,47H,46H2,1-9H3. The van der Waals surface area contributed by atoms with Crippen molar-refractivity contribution in [2.75, 3.05) is 9.80 Å². The second-order valence-electron chi connectivity index (χ2n) is 25.1. The molecule has 0 radical (unpaired) electrons. The number of pyridine rings is 2. The van der Waals surface area contributed by atoms with Crippen LogP contribution in [0.15, 0.2) is 225 Å². The lowest BCUT2D eigenvalue weighted by atomic mass is 9.69. The van der Waals surface area contributed by atoms with Crippen LogP contribution in [0.2, 0.25) is 0 Å². The van der Waals surface area contributed by atoms with E-state index in [1.165, 1.54) is 61.7 Å². The lowest BCUT2D eigenvalue weighted by Crippen LogP contribution is -2.32. The highest BCUT2D eigenvalue weighted by atomic mass is 15.2. The Balaban J connectivity index is 0.816. The van der Waals surface area contributed by atoms with E-state index < -0.39 is 0 Å². The summed E-state index contributed by atoms with van der Waals surface area (Å²) in [6, 6.07) is 75.5. The maximum Gasteiger partial charge on any atom is 0.178 e. The Morgan fingerprint density at radius 3 is 1.55 bits per heavy atom. The van der Waals surface area contributed by atoms with Crippen LogP contribution in [-0.4, -0.2) is 29.1 Å². The Morgan fingerprint density at radius 1 is 0.415 bits per heavy atom. The summed E-state index contributed by atoms with van der Waals surface area (Å²) in [6.07, 6.45) is 6.37. The first-order valence-electron chi connectivity index (χ1n) is 28.7. The van der Waals surface area contributed by atoms with E-state index in [9.17, 15) is 0 Å². The van der Waals surface area contributed by atoms with Crippen molar-refractivity contribution in [3.8, 4) is 34.2 Å². The number of fused-ring (bicyclic) bond motifs is 6. The third-order valence-electron chi connectivity index (χ3n) is 17.6. The first-order valence-corrected chi connectivity index (χ1v) is 28.7. The highest BCUT2D eigenvalue weighted by molar-refractivity contribution is 5.90. The number of rotatable bonds is 9. The van der Waals surface area contributed by atoms with Crippen LogP contribution in [0.25, 0.3) is 56.3 Å². The minimum atomic E-state index is -0.282. The number of aromatic nitrogens is 6. The topological polar surface area (TPSA) is 67.9 Å². The van der Waals surface area contributed by atoms with Gasteiger partial charge in [0.15, 0.2) is 5.65 Å². The van der Waals surface area contributed by atoms with Gasteiger partial charge in [0, 0.05) is 57.1 Å². The molecule has 0 aliphatic carbocycles. The quantitative estimate of drug-likeness (QED) is 0.143. The van der Waals surface area contributed by atoms with E-state index in [0.29, 0.717) is 0 Å². The summed E-state index contributed by atoms with van der Waals surface area (Å²) in [4.78, 5) is 24.2. The van der Waals surface area contributed by atoms with Crippen LogP contribution in [0, 0.1) is 0 Å². The molecular formula is C74H66N8. The van der Waals surface area contributed by atoms with Crippen molar-refractivity contribution in [1.29, 1.82) is 0 Å². The molecular weight excluding hydrogens is 1000 g/mol. The van der Waals surface area contributed by atoms with Gasteiger partial charge in [-0.05, 0) is 171 Å². The Kier molecular flexibility index (Phi) is 11.7. The van der Waals surface area contributed by atoms with Crippen LogP contribution in [0.5, 0.6) is 0 Å². The van der Waals surface area contributed by atoms with E-state index in [4.69, 9.17) is 9.97 Å². The van der Waals surface area contributed by atoms with Gasteiger partial charge in [0.05, 0.1) is 40.0 Å². The fourth-order valence-electron chi connectivity index (χ4n) is 13.1. The highest BCUT2D eigenvalue weighted by Gasteiger charge is 2.41. The van der Waals surface area contributed by atoms with Crippen molar-refractivity contribution in [1.82, 2.24) is 29.1 Å². The molecule has 0 saturated heterocycles. The van der Waals surface area contributed by atoms with Gasteiger partial charge in [-0.25, -0.2) is 15.0 Å². The minimum Gasteiger partial charge on any atom is -0.310 e. The summed E-state index contributed by atoms with van der Waals surface area (Å²) in [6.45, 7) is 21.4. The number of hydrogen-bond acceptors (Lipinski definition) is 6. The maximum absolute atomic E-state index is 5.15. The molecule has 14 rings (SSSR count). The van der Waals surface area contributed by atoms with Gasteiger partial charge >= 0.3 is 0 Å². The Morgan fingerprint density at radius 2 is 0.927 bits per heavy atom. The number of anilines is 6. The molecule has 12 aromatic rings. The van der Waals surface area contributed by atoms with E-state index in [1.54, 1.807) is 0 Å². The van der Waals surface area contributed by atoms with Gasteiger partial charge in [0.2, 0.25) is 0 Å². The maximum atomic E-state index is 5.15. The smallest absolute Gasteiger partial charge is 0.178 e. The summed E-state index contributed by atoms with van der Waals surface area (Å²) in [5.74, 6) is 1.75. The van der Waals surface area contributed by atoms with Crippen LogP contribution in [0.1, 0.15) is 101 Å². The van der Waals surface area contributed by atoms with Crippen molar-refractivity contribution in [2.24, 2.45) is 0 Å². The Hall–Kier alpha value is -9.40. The van der Waals surface area contributed by atoms with Gasteiger partial charge in [-0.3, -0.25) is 14.1 Å². The number of para-hydroxylation sites is 3. The Labute approximate surface area is 481 Å². The predicted octanol–water partition coefficient (Wildman–Crippen LogP) is 18.5. The van der Waals surface area contributed by atoms with Gasteiger partial charge < -0.3 is 9.80 Å². The summed E-state index contributed by atoms with van der Waals surface area (Å²) in [5.41, 5.74) is 23.2. The summed E-state index contributed by atoms with van der Waals surface area (Å²) < 4.78 is 4.45. The molecule has 0 atom stereocenters. The zero-order valence-corrected chi connectivity index (χ0v) is 48.1. The lowest BCUT2D eigenvalue weighted by Gasteiger charge is -2.43. The van der Waals surface area contributed by atoms with Crippen molar-refractivity contribution in [3.05, 3.63) is 264 Å². The fraction of sp³-hybridized carbons (Fsp3) is 0.189.